The van der Waals surface area contributed by atoms with Gasteiger partial charge in [0, 0.05) is 26.7 Å². The van der Waals surface area contributed by atoms with Crippen molar-refractivity contribution in [3.8, 4) is 0 Å². The Morgan fingerprint density at radius 1 is 1.05 bits per heavy atom. The van der Waals surface area contributed by atoms with E-state index in [9.17, 15) is 0 Å². The van der Waals surface area contributed by atoms with Crippen LogP contribution in [0.25, 0.3) is 0 Å². The topological polar surface area (TPSA) is 28.5 Å². The van der Waals surface area contributed by atoms with Crippen LogP contribution < -0.4 is 0 Å². The summed E-state index contributed by atoms with van der Waals surface area (Å²) in [5, 5.41) is 0. The molecule has 2 heterocycles. The van der Waals surface area contributed by atoms with Gasteiger partial charge in [-0.1, -0.05) is 30.3 Å². The molecule has 0 spiro atoms. The number of aromatic nitrogens is 1. The lowest BCUT2D eigenvalue weighted by Gasteiger charge is -2.27. The van der Waals surface area contributed by atoms with E-state index in [-0.39, 0.29) is 6.04 Å². The van der Waals surface area contributed by atoms with Crippen molar-refractivity contribution in [2.24, 2.45) is 4.99 Å². The SMILES string of the molecule is CN(C)C1=NC(c2ccccn2)c2ccccc2C1. The third-order valence-corrected chi connectivity index (χ3v) is 3.46. The average Bonchev–Trinajstić information content (AvgIpc) is 2.47. The average molecular weight is 251 g/mol. The Morgan fingerprint density at radius 2 is 1.84 bits per heavy atom. The molecule has 3 nitrogen and oxygen atoms in total. The van der Waals surface area contributed by atoms with E-state index >= 15 is 0 Å². The Morgan fingerprint density at radius 3 is 2.58 bits per heavy atom. The first-order chi connectivity index (χ1) is 9.25. The first-order valence-corrected chi connectivity index (χ1v) is 6.48. The van der Waals surface area contributed by atoms with Crippen molar-refractivity contribution < 1.29 is 0 Å². The number of pyridine rings is 1. The zero-order valence-electron chi connectivity index (χ0n) is 11.2. The van der Waals surface area contributed by atoms with E-state index in [2.05, 4.69) is 34.1 Å². The summed E-state index contributed by atoms with van der Waals surface area (Å²) in [6.07, 6.45) is 2.73. The third kappa shape index (κ3) is 2.24. The van der Waals surface area contributed by atoms with Crippen LogP contribution in [0.3, 0.4) is 0 Å². The highest BCUT2D eigenvalue weighted by molar-refractivity contribution is 5.86. The summed E-state index contributed by atoms with van der Waals surface area (Å²) in [5.41, 5.74) is 3.62. The van der Waals surface area contributed by atoms with Crippen LogP contribution in [0, 0.1) is 0 Å². The largest absolute Gasteiger partial charge is 0.366 e. The van der Waals surface area contributed by atoms with E-state index < -0.39 is 0 Å². The van der Waals surface area contributed by atoms with E-state index in [0.29, 0.717) is 0 Å². The van der Waals surface area contributed by atoms with E-state index in [0.717, 1.165) is 18.0 Å². The molecule has 1 aromatic heterocycles. The van der Waals surface area contributed by atoms with Crippen molar-refractivity contribution in [3.63, 3.8) is 0 Å². The van der Waals surface area contributed by atoms with Gasteiger partial charge in [-0.05, 0) is 23.3 Å². The van der Waals surface area contributed by atoms with Crippen LogP contribution in [0.1, 0.15) is 22.9 Å². The molecule has 1 aromatic carbocycles. The first-order valence-electron chi connectivity index (χ1n) is 6.48. The molecule has 0 N–H and O–H groups in total. The fourth-order valence-electron chi connectivity index (χ4n) is 2.43. The van der Waals surface area contributed by atoms with Gasteiger partial charge in [0.15, 0.2) is 0 Å². The number of amidine groups is 1. The van der Waals surface area contributed by atoms with Crippen molar-refractivity contribution in [2.75, 3.05) is 14.1 Å². The predicted octanol–water partition coefficient (Wildman–Crippen LogP) is 2.69. The zero-order valence-corrected chi connectivity index (χ0v) is 11.2. The summed E-state index contributed by atoms with van der Waals surface area (Å²) in [6, 6.07) is 14.5. The number of hydrogen-bond acceptors (Lipinski definition) is 3. The van der Waals surface area contributed by atoms with E-state index in [1.807, 2.05) is 38.5 Å². The van der Waals surface area contributed by atoms with Gasteiger partial charge >= 0.3 is 0 Å². The highest BCUT2D eigenvalue weighted by atomic mass is 15.1. The summed E-state index contributed by atoms with van der Waals surface area (Å²) in [4.78, 5) is 11.4. The molecule has 1 atom stereocenters. The molecule has 1 aliphatic heterocycles. The molecule has 0 radical (unpaired) electrons. The van der Waals surface area contributed by atoms with E-state index in [4.69, 9.17) is 4.99 Å². The fourth-order valence-corrected chi connectivity index (χ4v) is 2.43. The molecule has 3 heteroatoms. The number of benzene rings is 1. The van der Waals surface area contributed by atoms with Gasteiger partial charge in [-0.2, -0.15) is 0 Å². The summed E-state index contributed by atoms with van der Waals surface area (Å²) in [5.74, 6) is 1.11. The second-order valence-corrected chi connectivity index (χ2v) is 4.97. The van der Waals surface area contributed by atoms with Crippen LogP contribution in [0.15, 0.2) is 53.7 Å². The van der Waals surface area contributed by atoms with Crippen molar-refractivity contribution in [1.29, 1.82) is 0 Å². The van der Waals surface area contributed by atoms with Crippen LogP contribution in [0.5, 0.6) is 0 Å². The van der Waals surface area contributed by atoms with Crippen molar-refractivity contribution in [2.45, 2.75) is 12.5 Å². The van der Waals surface area contributed by atoms with Crippen LogP contribution in [0.4, 0.5) is 0 Å². The smallest absolute Gasteiger partial charge is 0.119 e. The van der Waals surface area contributed by atoms with Crippen LogP contribution in [-0.2, 0) is 6.42 Å². The van der Waals surface area contributed by atoms with Gasteiger partial charge in [0.05, 0.1) is 5.69 Å². The predicted molar refractivity (Wildman–Crippen MR) is 77.3 cm³/mol. The molecular formula is C16H17N3. The van der Waals surface area contributed by atoms with Crippen LogP contribution >= 0.6 is 0 Å². The number of nitrogens with zero attached hydrogens (tertiary/aromatic N) is 3. The second kappa shape index (κ2) is 4.84. The number of likely N-dealkylation sites (N-methyl/N-ethyl adjacent to an activating group) is 1. The van der Waals surface area contributed by atoms with Crippen molar-refractivity contribution >= 4 is 5.84 Å². The molecule has 0 amide bonds. The van der Waals surface area contributed by atoms with Gasteiger partial charge in [0.2, 0.25) is 0 Å². The number of aliphatic imine (C=N–C) groups is 1. The van der Waals surface area contributed by atoms with Crippen molar-refractivity contribution in [3.05, 3.63) is 65.5 Å². The molecule has 3 rings (SSSR count). The summed E-state index contributed by atoms with van der Waals surface area (Å²) in [6.45, 7) is 0. The Hall–Kier alpha value is -2.16. The Labute approximate surface area is 113 Å². The molecule has 0 saturated carbocycles. The molecule has 96 valence electrons. The maximum atomic E-state index is 4.87. The molecule has 1 unspecified atom stereocenters. The number of fused-ring (bicyclic) bond motifs is 1. The van der Waals surface area contributed by atoms with Gasteiger partial charge in [-0.25, -0.2) is 0 Å². The highest BCUT2D eigenvalue weighted by Crippen LogP contribution is 2.31. The lowest BCUT2D eigenvalue weighted by atomic mass is 9.93. The maximum Gasteiger partial charge on any atom is 0.119 e. The van der Waals surface area contributed by atoms with Crippen LogP contribution in [-0.4, -0.2) is 29.8 Å². The van der Waals surface area contributed by atoms with Gasteiger partial charge in [-0.15, -0.1) is 0 Å². The lowest BCUT2D eigenvalue weighted by molar-refractivity contribution is 0.590. The molecule has 1 aliphatic rings. The molecule has 0 saturated heterocycles. The minimum atomic E-state index is 0.0172. The van der Waals surface area contributed by atoms with Crippen molar-refractivity contribution in [1.82, 2.24) is 9.88 Å². The highest BCUT2D eigenvalue weighted by Gasteiger charge is 2.24. The van der Waals surface area contributed by atoms with E-state index in [1.165, 1.54) is 11.1 Å². The minimum absolute atomic E-state index is 0.0172. The second-order valence-electron chi connectivity index (χ2n) is 4.97. The first kappa shape index (κ1) is 11.9. The summed E-state index contributed by atoms with van der Waals surface area (Å²) in [7, 11) is 4.09. The Bertz CT molecular complexity index is 602. The fraction of sp³-hybridized carbons (Fsp3) is 0.250. The third-order valence-electron chi connectivity index (χ3n) is 3.46. The molecule has 0 fully saturated rings. The van der Waals surface area contributed by atoms with Gasteiger partial charge in [-0.3, -0.25) is 9.98 Å². The van der Waals surface area contributed by atoms with Gasteiger partial charge in [0.25, 0.3) is 0 Å². The van der Waals surface area contributed by atoms with Gasteiger partial charge < -0.3 is 4.90 Å². The van der Waals surface area contributed by atoms with E-state index in [1.54, 1.807) is 0 Å². The molecule has 2 aromatic rings. The molecule has 0 aliphatic carbocycles. The minimum Gasteiger partial charge on any atom is -0.366 e. The Balaban J connectivity index is 2.11. The summed E-state index contributed by atoms with van der Waals surface area (Å²) >= 11 is 0. The molecular weight excluding hydrogens is 234 g/mol. The quantitative estimate of drug-likeness (QED) is 0.779. The number of hydrogen-bond donors (Lipinski definition) is 0. The van der Waals surface area contributed by atoms with Crippen LogP contribution in [0.2, 0.25) is 0 Å². The Kier molecular flexibility index (Phi) is 3.03. The normalized spacial score (nSPS) is 17.6. The monoisotopic (exact) mass is 251 g/mol. The molecule has 19 heavy (non-hydrogen) atoms. The number of rotatable bonds is 1. The zero-order chi connectivity index (χ0) is 13.2. The standard InChI is InChI=1S/C16H17N3/c1-19(2)15-11-12-7-3-4-8-13(12)16(18-15)14-9-5-6-10-17-14/h3-10,16H,11H2,1-2H3. The maximum absolute atomic E-state index is 4.87. The molecule has 0 bridgehead atoms. The summed E-state index contributed by atoms with van der Waals surface area (Å²) < 4.78 is 0. The van der Waals surface area contributed by atoms with Gasteiger partial charge in [0.1, 0.15) is 11.9 Å². The lowest BCUT2D eigenvalue weighted by Crippen LogP contribution is -2.28.